The van der Waals surface area contributed by atoms with Gasteiger partial charge in [-0.1, -0.05) is 30.3 Å². The van der Waals surface area contributed by atoms with E-state index in [-0.39, 0.29) is 6.04 Å². The van der Waals surface area contributed by atoms with E-state index in [1.165, 1.54) is 9.75 Å². The number of hydrogen-bond donors (Lipinski definition) is 1. The zero-order chi connectivity index (χ0) is 13.9. The van der Waals surface area contributed by atoms with Crippen LogP contribution in [0.25, 0.3) is 11.3 Å². The molecule has 0 aliphatic rings. The number of aryl methyl sites for hydroxylation is 1. The Kier molecular flexibility index (Phi) is 3.96. The zero-order valence-corrected chi connectivity index (χ0v) is 12.9. The molecule has 20 heavy (non-hydrogen) atoms. The van der Waals surface area contributed by atoms with Gasteiger partial charge >= 0.3 is 0 Å². The lowest BCUT2D eigenvalue weighted by Gasteiger charge is -2.06. The van der Waals surface area contributed by atoms with Crippen molar-refractivity contribution >= 4 is 22.7 Å². The molecule has 1 aromatic carbocycles. The normalized spacial score (nSPS) is 12.5. The van der Waals surface area contributed by atoms with Gasteiger partial charge in [0, 0.05) is 33.2 Å². The van der Waals surface area contributed by atoms with Crippen molar-refractivity contribution in [2.24, 2.45) is 5.73 Å². The Morgan fingerprint density at radius 3 is 2.65 bits per heavy atom. The molecule has 0 aliphatic carbocycles. The van der Waals surface area contributed by atoms with Gasteiger partial charge in [-0.15, -0.1) is 22.7 Å². The highest BCUT2D eigenvalue weighted by atomic mass is 32.1. The number of nitrogens with two attached hydrogens (primary N) is 1. The summed E-state index contributed by atoms with van der Waals surface area (Å²) in [5.41, 5.74) is 8.47. The smallest absolute Gasteiger partial charge is 0.0951 e. The SMILES string of the molecule is Cc1ccc(C(N)Cc2nc(-c3ccccc3)cs2)s1. The first kappa shape index (κ1) is 13.5. The monoisotopic (exact) mass is 300 g/mol. The highest BCUT2D eigenvalue weighted by Gasteiger charge is 2.12. The summed E-state index contributed by atoms with van der Waals surface area (Å²) in [6.45, 7) is 2.11. The molecule has 4 heteroatoms. The van der Waals surface area contributed by atoms with Crippen molar-refractivity contribution in [2.75, 3.05) is 0 Å². The standard InChI is InChI=1S/C16H16N2S2/c1-11-7-8-15(20-11)13(17)9-16-18-14(10-19-16)12-5-3-2-4-6-12/h2-8,10,13H,9,17H2,1H3. The van der Waals surface area contributed by atoms with Crippen LogP contribution in [0.1, 0.15) is 20.8 Å². The molecule has 0 bridgehead atoms. The van der Waals surface area contributed by atoms with Crippen LogP contribution < -0.4 is 5.73 Å². The van der Waals surface area contributed by atoms with E-state index in [1.54, 1.807) is 22.7 Å². The lowest BCUT2D eigenvalue weighted by Crippen LogP contribution is -2.11. The van der Waals surface area contributed by atoms with Gasteiger partial charge in [0.25, 0.3) is 0 Å². The fourth-order valence-electron chi connectivity index (χ4n) is 2.09. The lowest BCUT2D eigenvalue weighted by molar-refractivity contribution is 0.732. The summed E-state index contributed by atoms with van der Waals surface area (Å²) in [4.78, 5) is 7.24. The van der Waals surface area contributed by atoms with Crippen LogP contribution in [0.5, 0.6) is 0 Å². The Labute approximate surface area is 126 Å². The first-order chi connectivity index (χ1) is 9.72. The minimum Gasteiger partial charge on any atom is -0.323 e. The van der Waals surface area contributed by atoms with Gasteiger partial charge in [0.05, 0.1) is 10.7 Å². The molecule has 1 unspecified atom stereocenters. The van der Waals surface area contributed by atoms with E-state index >= 15 is 0 Å². The third-order valence-electron chi connectivity index (χ3n) is 3.14. The number of aromatic nitrogens is 1. The first-order valence-corrected chi connectivity index (χ1v) is 8.24. The predicted octanol–water partition coefficient (Wildman–Crippen LogP) is 4.42. The minimum absolute atomic E-state index is 0.0449. The maximum Gasteiger partial charge on any atom is 0.0951 e. The highest BCUT2D eigenvalue weighted by Crippen LogP contribution is 2.27. The molecule has 0 fully saturated rings. The molecule has 2 N–H and O–H groups in total. The van der Waals surface area contributed by atoms with Crippen LogP contribution in [-0.2, 0) is 6.42 Å². The van der Waals surface area contributed by atoms with Crippen LogP contribution in [-0.4, -0.2) is 4.98 Å². The van der Waals surface area contributed by atoms with E-state index in [9.17, 15) is 0 Å². The number of rotatable bonds is 4. The number of thiophene rings is 1. The van der Waals surface area contributed by atoms with Crippen LogP contribution in [0, 0.1) is 6.92 Å². The van der Waals surface area contributed by atoms with Crippen molar-refractivity contribution in [2.45, 2.75) is 19.4 Å². The summed E-state index contributed by atoms with van der Waals surface area (Å²) in [5, 5.41) is 3.21. The third kappa shape index (κ3) is 2.98. The van der Waals surface area contributed by atoms with E-state index in [0.29, 0.717) is 0 Å². The van der Waals surface area contributed by atoms with Crippen molar-refractivity contribution in [1.82, 2.24) is 4.98 Å². The van der Waals surface area contributed by atoms with E-state index in [0.717, 1.165) is 22.7 Å². The fourth-order valence-corrected chi connectivity index (χ4v) is 3.83. The molecule has 3 rings (SSSR count). The summed E-state index contributed by atoms with van der Waals surface area (Å²) in [5.74, 6) is 0. The Morgan fingerprint density at radius 2 is 1.95 bits per heavy atom. The Bertz CT molecular complexity index is 685. The highest BCUT2D eigenvalue weighted by molar-refractivity contribution is 7.12. The Hall–Kier alpha value is -1.49. The maximum absolute atomic E-state index is 6.27. The second-order valence-electron chi connectivity index (χ2n) is 4.75. The molecular weight excluding hydrogens is 284 g/mol. The van der Waals surface area contributed by atoms with Crippen LogP contribution in [0.4, 0.5) is 0 Å². The summed E-state index contributed by atoms with van der Waals surface area (Å²) >= 11 is 3.46. The molecule has 2 heterocycles. The van der Waals surface area contributed by atoms with Gasteiger partial charge in [0.15, 0.2) is 0 Å². The number of thiazole rings is 1. The van der Waals surface area contributed by atoms with Crippen LogP contribution in [0.15, 0.2) is 47.8 Å². The van der Waals surface area contributed by atoms with Gasteiger partial charge in [0.2, 0.25) is 0 Å². The average Bonchev–Trinajstić information content (AvgIpc) is 3.09. The summed E-state index contributed by atoms with van der Waals surface area (Å²) in [7, 11) is 0. The number of nitrogens with zero attached hydrogens (tertiary/aromatic N) is 1. The van der Waals surface area contributed by atoms with Crippen molar-refractivity contribution < 1.29 is 0 Å². The van der Waals surface area contributed by atoms with Crippen molar-refractivity contribution in [3.8, 4) is 11.3 Å². The van der Waals surface area contributed by atoms with Crippen LogP contribution in [0.2, 0.25) is 0 Å². The van der Waals surface area contributed by atoms with Gasteiger partial charge < -0.3 is 5.73 Å². The molecule has 0 radical (unpaired) electrons. The number of benzene rings is 1. The van der Waals surface area contributed by atoms with E-state index in [1.807, 2.05) is 18.2 Å². The average molecular weight is 300 g/mol. The second-order valence-corrected chi connectivity index (χ2v) is 7.01. The molecule has 0 spiro atoms. The maximum atomic E-state index is 6.27. The topological polar surface area (TPSA) is 38.9 Å². The molecule has 0 saturated heterocycles. The third-order valence-corrected chi connectivity index (χ3v) is 5.15. The molecular formula is C16H16N2S2. The quantitative estimate of drug-likeness (QED) is 0.774. The molecule has 0 saturated carbocycles. The Balaban J connectivity index is 1.74. The minimum atomic E-state index is 0.0449. The molecule has 2 nitrogen and oxygen atoms in total. The summed E-state index contributed by atoms with van der Waals surface area (Å²) in [6.07, 6.45) is 0.803. The van der Waals surface area contributed by atoms with E-state index < -0.39 is 0 Å². The van der Waals surface area contributed by atoms with Gasteiger partial charge in [0.1, 0.15) is 0 Å². The van der Waals surface area contributed by atoms with Crippen LogP contribution in [0.3, 0.4) is 0 Å². The predicted molar refractivity (Wildman–Crippen MR) is 87.2 cm³/mol. The van der Waals surface area contributed by atoms with Crippen molar-refractivity contribution in [3.63, 3.8) is 0 Å². The fraction of sp³-hybridized carbons (Fsp3) is 0.188. The first-order valence-electron chi connectivity index (χ1n) is 6.54. The lowest BCUT2D eigenvalue weighted by atomic mass is 10.2. The van der Waals surface area contributed by atoms with E-state index in [2.05, 4.69) is 36.6 Å². The van der Waals surface area contributed by atoms with Crippen molar-refractivity contribution in [3.05, 3.63) is 62.6 Å². The van der Waals surface area contributed by atoms with Gasteiger partial charge in [-0.25, -0.2) is 4.98 Å². The number of hydrogen-bond acceptors (Lipinski definition) is 4. The van der Waals surface area contributed by atoms with E-state index in [4.69, 9.17) is 10.7 Å². The molecule has 2 aromatic heterocycles. The van der Waals surface area contributed by atoms with Crippen molar-refractivity contribution in [1.29, 1.82) is 0 Å². The van der Waals surface area contributed by atoms with Gasteiger partial charge in [-0.2, -0.15) is 0 Å². The zero-order valence-electron chi connectivity index (χ0n) is 11.2. The summed E-state index contributed by atoms with van der Waals surface area (Å²) in [6, 6.07) is 14.5. The molecule has 1 atom stereocenters. The molecule has 102 valence electrons. The molecule has 3 aromatic rings. The van der Waals surface area contributed by atoms with Crippen LogP contribution >= 0.6 is 22.7 Å². The second kappa shape index (κ2) is 5.87. The van der Waals surface area contributed by atoms with Gasteiger partial charge in [-0.3, -0.25) is 0 Å². The Morgan fingerprint density at radius 1 is 1.15 bits per heavy atom. The molecule has 0 aliphatic heterocycles. The molecule has 0 amide bonds. The summed E-state index contributed by atoms with van der Waals surface area (Å²) < 4.78 is 0. The largest absolute Gasteiger partial charge is 0.323 e. The van der Waals surface area contributed by atoms with Gasteiger partial charge in [-0.05, 0) is 19.1 Å².